The summed E-state index contributed by atoms with van der Waals surface area (Å²) in [6.07, 6.45) is 3.34. The van der Waals surface area contributed by atoms with Crippen molar-refractivity contribution < 1.29 is 18.7 Å². The molecule has 2 N–H and O–H groups in total. The van der Waals surface area contributed by atoms with Gasteiger partial charge in [-0.15, -0.1) is 0 Å². The van der Waals surface area contributed by atoms with Crippen LogP contribution in [0.15, 0.2) is 83.4 Å². The van der Waals surface area contributed by atoms with Gasteiger partial charge in [-0.2, -0.15) is 0 Å². The summed E-state index contributed by atoms with van der Waals surface area (Å²) in [6.45, 7) is 1.94. The van der Waals surface area contributed by atoms with Crippen LogP contribution < -0.4 is 10.6 Å². The lowest BCUT2D eigenvalue weighted by molar-refractivity contribution is -0.139. The van der Waals surface area contributed by atoms with Crippen LogP contribution >= 0.6 is 11.8 Å². The van der Waals surface area contributed by atoms with E-state index in [2.05, 4.69) is 15.6 Å². The maximum absolute atomic E-state index is 13.7. The predicted molar refractivity (Wildman–Crippen MR) is 119 cm³/mol. The number of hydrogen-bond donors (Lipinski definition) is 2. The van der Waals surface area contributed by atoms with E-state index in [-0.39, 0.29) is 18.2 Å². The number of nitrogens with one attached hydrogen (secondary N) is 2. The van der Waals surface area contributed by atoms with Crippen LogP contribution in [0.4, 0.5) is 9.18 Å². The van der Waals surface area contributed by atoms with Gasteiger partial charge in [0.2, 0.25) is 0 Å². The third-order valence-corrected chi connectivity index (χ3v) is 5.81. The number of hydrogen-bond acceptors (Lipinski definition) is 5. The molecule has 0 saturated heterocycles. The highest BCUT2D eigenvalue weighted by molar-refractivity contribution is 7.99. The number of carbonyl (C=O) groups is 2. The zero-order valence-electron chi connectivity index (χ0n) is 17.2. The van der Waals surface area contributed by atoms with Crippen molar-refractivity contribution in [3.8, 4) is 5.69 Å². The summed E-state index contributed by atoms with van der Waals surface area (Å²) in [5, 5.41) is 6.15. The maximum Gasteiger partial charge on any atom is 0.338 e. The summed E-state index contributed by atoms with van der Waals surface area (Å²) in [5.74, 6) is -0.592. The molecule has 1 aliphatic rings. The summed E-state index contributed by atoms with van der Waals surface area (Å²) in [7, 11) is 0. The molecule has 7 nitrogen and oxygen atoms in total. The molecule has 0 bridgehead atoms. The number of halogens is 1. The summed E-state index contributed by atoms with van der Waals surface area (Å²) in [5.41, 5.74) is 2.18. The van der Waals surface area contributed by atoms with Crippen LogP contribution in [0.3, 0.4) is 0 Å². The molecule has 2 amide bonds. The Morgan fingerprint density at radius 3 is 2.78 bits per heavy atom. The van der Waals surface area contributed by atoms with Gasteiger partial charge in [0.25, 0.3) is 0 Å². The van der Waals surface area contributed by atoms with Crippen molar-refractivity contribution in [3.05, 3.63) is 89.6 Å². The predicted octanol–water partition coefficient (Wildman–Crippen LogP) is 3.97. The number of esters is 1. The van der Waals surface area contributed by atoms with E-state index in [1.165, 1.54) is 23.9 Å². The summed E-state index contributed by atoms with van der Waals surface area (Å²) in [6, 6.07) is 14.4. The number of nitrogens with zero attached hydrogens (tertiary/aromatic N) is 2. The monoisotopic (exact) mass is 452 g/mol. The molecule has 9 heteroatoms. The second kappa shape index (κ2) is 9.69. The van der Waals surface area contributed by atoms with Crippen molar-refractivity contribution in [2.24, 2.45) is 0 Å². The van der Waals surface area contributed by atoms with E-state index in [4.69, 9.17) is 4.74 Å². The minimum absolute atomic E-state index is 0.211. The van der Waals surface area contributed by atoms with E-state index < -0.39 is 18.0 Å². The molecule has 1 aliphatic heterocycles. The highest BCUT2D eigenvalue weighted by Gasteiger charge is 2.33. The fourth-order valence-corrected chi connectivity index (χ4v) is 4.37. The van der Waals surface area contributed by atoms with Crippen LogP contribution in [0.5, 0.6) is 0 Å². The van der Waals surface area contributed by atoms with E-state index >= 15 is 0 Å². The van der Waals surface area contributed by atoms with Gasteiger partial charge < -0.3 is 15.4 Å². The first-order valence-corrected chi connectivity index (χ1v) is 11.0. The topological polar surface area (TPSA) is 85.2 Å². The molecule has 164 valence electrons. The van der Waals surface area contributed by atoms with Crippen molar-refractivity contribution in [1.82, 2.24) is 20.2 Å². The molecule has 2 aromatic carbocycles. The van der Waals surface area contributed by atoms with Crippen LogP contribution in [0.25, 0.3) is 5.69 Å². The van der Waals surface area contributed by atoms with E-state index in [9.17, 15) is 14.0 Å². The molecule has 1 atom stereocenters. The first-order valence-electron chi connectivity index (χ1n) is 10.0. The standard InChI is InChI=1S/C23H21FN4O3S/c1-2-31-21(29)19-18(26-22(30)27-20(19)15-7-4-3-5-8-15)14-32-23-25-11-12-28(23)17-10-6-9-16(24)13-17/h3-13,20H,2,14H2,1H3,(H2,26,27,30). The van der Waals surface area contributed by atoms with E-state index in [0.717, 1.165) is 5.56 Å². The molecule has 1 unspecified atom stereocenters. The number of benzene rings is 2. The van der Waals surface area contributed by atoms with Crippen molar-refractivity contribution >= 4 is 23.8 Å². The number of carbonyl (C=O) groups excluding carboxylic acids is 2. The Labute approximate surface area is 188 Å². The van der Waals surface area contributed by atoms with Gasteiger partial charge in [0.1, 0.15) is 5.82 Å². The Balaban J connectivity index is 1.66. The van der Waals surface area contributed by atoms with Crippen LogP contribution in [-0.2, 0) is 9.53 Å². The number of thioether (sulfide) groups is 1. The first-order chi connectivity index (χ1) is 15.6. The van der Waals surface area contributed by atoms with Gasteiger partial charge in [0, 0.05) is 23.8 Å². The average molecular weight is 453 g/mol. The van der Waals surface area contributed by atoms with Gasteiger partial charge in [-0.05, 0) is 30.7 Å². The number of amides is 2. The Hall–Kier alpha value is -3.59. The lowest BCUT2D eigenvalue weighted by Crippen LogP contribution is -2.46. The third kappa shape index (κ3) is 4.67. The Bertz CT molecular complexity index is 1160. The first kappa shape index (κ1) is 21.6. The molecule has 32 heavy (non-hydrogen) atoms. The SMILES string of the molecule is CCOC(=O)C1=C(CSc2nccn2-c2cccc(F)c2)NC(=O)NC1c1ccccc1. The Morgan fingerprint density at radius 2 is 2.03 bits per heavy atom. The molecule has 4 rings (SSSR count). The summed E-state index contributed by atoms with van der Waals surface area (Å²) in [4.78, 5) is 29.6. The quantitative estimate of drug-likeness (QED) is 0.419. The normalized spacial score (nSPS) is 15.8. The molecule has 0 radical (unpaired) electrons. The molecule has 0 aliphatic carbocycles. The molecule has 2 heterocycles. The Kier molecular flexibility index (Phi) is 6.55. The second-order valence-electron chi connectivity index (χ2n) is 6.90. The van der Waals surface area contributed by atoms with Gasteiger partial charge in [0.05, 0.1) is 23.9 Å². The Morgan fingerprint density at radius 1 is 1.22 bits per heavy atom. The fraction of sp³-hybridized carbons (Fsp3) is 0.174. The van der Waals surface area contributed by atoms with Crippen molar-refractivity contribution in [3.63, 3.8) is 0 Å². The van der Waals surface area contributed by atoms with Gasteiger partial charge >= 0.3 is 12.0 Å². The van der Waals surface area contributed by atoms with E-state index in [1.807, 2.05) is 30.3 Å². The minimum atomic E-state index is -0.637. The molecule has 3 aromatic rings. The van der Waals surface area contributed by atoms with Crippen molar-refractivity contribution in [1.29, 1.82) is 0 Å². The van der Waals surface area contributed by atoms with Crippen LogP contribution in [-0.4, -0.2) is 33.9 Å². The van der Waals surface area contributed by atoms with E-state index in [1.54, 1.807) is 36.0 Å². The molecule has 0 saturated carbocycles. The summed E-state index contributed by atoms with van der Waals surface area (Å²) < 4.78 is 20.7. The average Bonchev–Trinajstić information content (AvgIpc) is 3.26. The number of imidazole rings is 1. The molecule has 1 aromatic heterocycles. The zero-order chi connectivity index (χ0) is 22.5. The number of aromatic nitrogens is 2. The van der Waals surface area contributed by atoms with E-state index in [0.29, 0.717) is 22.1 Å². The second-order valence-corrected chi connectivity index (χ2v) is 7.85. The number of ether oxygens (including phenoxy) is 1. The maximum atomic E-state index is 13.7. The largest absolute Gasteiger partial charge is 0.463 e. The van der Waals surface area contributed by atoms with Crippen LogP contribution in [0.2, 0.25) is 0 Å². The van der Waals surface area contributed by atoms with Crippen LogP contribution in [0.1, 0.15) is 18.5 Å². The van der Waals surface area contributed by atoms with Gasteiger partial charge in [0.15, 0.2) is 5.16 Å². The smallest absolute Gasteiger partial charge is 0.338 e. The van der Waals surface area contributed by atoms with Crippen molar-refractivity contribution in [2.45, 2.75) is 18.1 Å². The lowest BCUT2D eigenvalue weighted by atomic mass is 9.95. The van der Waals surface area contributed by atoms with Gasteiger partial charge in [-0.1, -0.05) is 48.2 Å². The van der Waals surface area contributed by atoms with Crippen LogP contribution in [0, 0.1) is 5.82 Å². The molecule has 0 fully saturated rings. The summed E-state index contributed by atoms with van der Waals surface area (Å²) >= 11 is 1.32. The van der Waals surface area contributed by atoms with Crippen molar-refractivity contribution in [2.75, 3.05) is 12.4 Å². The minimum Gasteiger partial charge on any atom is -0.463 e. The zero-order valence-corrected chi connectivity index (χ0v) is 18.1. The van der Waals surface area contributed by atoms with Gasteiger partial charge in [-0.3, -0.25) is 4.57 Å². The highest BCUT2D eigenvalue weighted by atomic mass is 32.2. The fourth-order valence-electron chi connectivity index (χ4n) is 3.43. The molecule has 0 spiro atoms. The highest BCUT2D eigenvalue weighted by Crippen LogP contribution is 2.31. The number of urea groups is 1. The molecular weight excluding hydrogens is 431 g/mol. The third-order valence-electron chi connectivity index (χ3n) is 4.82. The molecular formula is C23H21FN4O3S. The lowest BCUT2D eigenvalue weighted by Gasteiger charge is -2.29. The van der Waals surface area contributed by atoms with Gasteiger partial charge in [-0.25, -0.2) is 19.0 Å². The number of rotatable bonds is 7.